The van der Waals surface area contributed by atoms with E-state index in [0.29, 0.717) is 6.42 Å². The van der Waals surface area contributed by atoms with Crippen molar-refractivity contribution in [2.45, 2.75) is 168 Å². The third-order valence-corrected chi connectivity index (χ3v) is 6.78. The molecule has 0 aromatic carbocycles. The minimum Gasteiger partial charge on any atom is -0.481 e. The Kier molecular flexibility index (Phi) is 24.3. The van der Waals surface area contributed by atoms with Crippen LogP contribution >= 0.6 is 0 Å². The van der Waals surface area contributed by atoms with Crippen LogP contribution in [0.4, 0.5) is 0 Å². The van der Waals surface area contributed by atoms with E-state index in [4.69, 9.17) is 5.11 Å². The SMILES string of the molecule is CC[C@@H](C)CCCCCCCCCCCCCCCCCCCCCCCC(=O)O. The fourth-order valence-corrected chi connectivity index (χ4v) is 4.33. The van der Waals surface area contributed by atoms with E-state index >= 15 is 0 Å². The van der Waals surface area contributed by atoms with Gasteiger partial charge in [0.25, 0.3) is 0 Å². The Morgan fingerprint density at radius 1 is 0.533 bits per heavy atom. The van der Waals surface area contributed by atoms with Gasteiger partial charge in [-0.25, -0.2) is 0 Å². The predicted octanol–water partition coefficient (Wildman–Crippen LogP) is 10.1. The molecule has 0 saturated carbocycles. The highest BCUT2D eigenvalue weighted by atomic mass is 16.4. The Morgan fingerprint density at radius 2 is 0.800 bits per heavy atom. The fourth-order valence-electron chi connectivity index (χ4n) is 4.33. The second kappa shape index (κ2) is 24.7. The summed E-state index contributed by atoms with van der Waals surface area (Å²) in [5.74, 6) is 0.285. The second-order valence-electron chi connectivity index (χ2n) is 9.87. The van der Waals surface area contributed by atoms with Crippen molar-refractivity contribution in [3.63, 3.8) is 0 Å². The molecule has 0 aliphatic rings. The van der Waals surface area contributed by atoms with Crippen molar-refractivity contribution in [2.75, 3.05) is 0 Å². The zero-order valence-electron chi connectivity index (χ0n) is 20.9. The van der Waals surface area contributed by atoms with Crippen LogP contribution in [0, 0.1) is 5.92 Å². The van der Waals surface area contributed by atoms with Crippen molar-refractivity contribution in [1.29, 1.82) is 0 Å². The van der Waals surface area contributed by atoms with Gasteiger partial charge in [-0.1, -0.05) is 155 Å². The van der Waals surface area contributed by atoms with Gasteiger partial charge in [-0.3, -0.25) is 4.79 Å². The van der Waals surface area contributed by atoms with Gasteiger partial charge in [-0.05, 0) is 12.3 Å². The molecule has 0 spiro atoms. The van der Waals surface area contributed by atoms with Crippen molar-refractivity contribution < 1.29 is 9.90 Å². The van der Waals surface area contributed by atoms with Gasteiger partial charge in [0, 0.05) is 6.42 Å². The maximum absolute atomic E-state index is 10.4. The summed E-state index contributed by atoms with van der Waals surface area (Å²) in [5, 5.41) is 8.60. The van der Waals surface area contributed by atoms with E-state index in [2.05, 4.69) is 13.8 Å². The van der Waals surface area contributed by atoms with E-state index in [-0.39, 0.29) is 0 Å². The van der Waals surface area contributed by atoms with Crippen LogP contribution in [0.1, 0.15) is 168 Å². The molecule has 0 heterocycles. The maximum Gasteiger partial charge on any atom is 0.303 e. The van der Waals surface area contributed by atoms with Gasteiger partial charge in [-0.15, -0.1) is 0 Å². The number of unbranched alkanes of at least 4 members (excludes halogenated alkanes) is 20. The number of hydrogen-bond acceptors (Lipinski definition) is 1. The standard InChI is InChI=1S/C28H56O2/c1-3-27(2)25-23-21-19-17-15-13-11-9-7-5-4-6-8-10-12-14-16-18-20-22-24-26-28(29)30/h27H,3-26H2,1-2H3,(H,29,30)/t27-/m1/s1. The smallest absolute Gasteiger partial charge is 0.303 e. The summed E-state index contributed by atoms with van der Waals surface area (Å²) in [6.07, 6.45) is 32.0. The van der Waals surface area contributed by atoms with Crippen molar-refractivity contribution in [3.05, 3.63) is 0 Å². The fraction of sp³-hybridized carbons (Fsp3) is 0.964. The van der Waals surface area contributed by atoms with E-state index in [9.17, 15) is 4.79 Å². The lowest BCUT2D eigenvalue weighted by Crippen LogP contribution is -1.93. The molecule has 2 nitrogen and oxygen atoms in total. The first kappa shape index (κ1) is 29.5. The van der Waals surface area contributed by atoms with E-state index in [1.165, 1.54) is 135 Å². The Bertz CT molecular complexity index is 340. The van der Waals surface area contributed by atoms with Gasteiger partial charge in [0.15, 0.2) is 0 Å². The normalized spacial score (nSPS) is 12.3. The molecule has 0 aromatic heterocycles. The van der Waals surface area contributed by atoms with Gasteiger partial charge >= 0.3 is 5.97 Å². The minimum absolute atomic E-state index is 0.346. The second-order valence-corrected chi connectivity index (χ2v) is 9.87. The highest BCUT2D eigenvalue weighted by Crippen LogP contribution is 2.16. The first-order valence-corrected chi connectivity index (χ1v) is 13.9. The zero-order chi connectivity index (χ0) is 22.1. The Labute approximate surface area is 190 Å². The lowest BCUT2D eigenvalue weighted by molar-refractivity contribution is -0.137. The quantitative estimate of drug-likeness (QED) is 0.148. The molecule has 0 aliphatic heterocycles. The number of hydrogen-bond donors (Lipinski definition) is 1. The number of rotatable bonds is 25. The summed E-state index contributed by atoms with van der Waals surface area (Å²) in [7, 11) is 0. The third-order valence-electron chi connectivity index (χ3n) is 6.78. The molecule has 0 radical (unpaired) electrons. The van der Waals surface area contributed by atoms with Crippen LogP contribution in [0.5, 0.6) is 0 Å². The van der Waals surface area contributed by atoms with E-state index in [1.807, 2.05) is 0 Å². The molecule has 1 N–H and O–H groups in total. The lowest BCUT2D eigenvalue weighted by atomic mass is 9.99. The highest BCUT2D eigenvalue weighted by Gasteiger charge is 1.99. The first-order valence-electron chi connectivity index (χ1n) is 13.9. The van der Waals surface area contributed by atoms with Crippen LogP contribution in [-0.2, 0) is 4.79 Å². The van der Waals surface area contributed by atoms with Crippen LogP contribution in [0.2, 0.25) is 0 Å². The first-order chi connectivity index (χ1) is 14.7. The van der Waals surface area contributed by atoms with E-state index in [1.54, 1.807) is 0 Å². The minimum atomic E-state index is -0.649. The lowest BCUT2D eigenvalue weighted by Gasteiger charge is -2.07. The molecular formula is C28H56O2. The molecule has 0 saturated heterocycles. The average molecular weight is 425 g/mol. The third kappa shape index (κ3) is 25.5. The molecule has 0 amide bonds. The average Bonchev–Trinajstić information content (AvgIpc) is 2.73. The molecule has 2 heteroatoms. The topological polar surface area (TPSA) is 37.3 Å². The van der Waals surface area contributed by atoms with Crippen molar-refractivity contribution in [3.8, 4) is 0 Å². The summed E-state index contributed by atoms with van der Waals surface area (Å²) in [5.41, 5.74) is 0. The molecule has 0 bridgehead atoms. The monoisotopic (exact) mass is 424 g/mol. The number of carboxylic acids is 1. The van der Waals surface area contributed by atoms with E-state index < -0.39 is 5.97 Å². The summed E-state index contributed by atoms with van der Waals surface area (Å²) in [6.45, 7) is 4.70. The highest BCUT2D eigenvalue weighted by molar-refractivity contribution is 5.66. The Hall–Kier alpha value is -0.530. The summed E-state index contributed by atoms with van der Waals surface area (Å²) in [4.78, 5) is 10.4. The maximum atomic E-state index is 10.4. The number of aliphatic carboxylic acids is 1. The molecule has 30 heavy (non-hydrogen) atoms. The molecule has 0 rings (SSSR count). The molecule has 0 aliphatic carbocycles. The zero-order valence-corrected chi connectivity index (χ0v) is 20.9. The van der Waals surface area contributed by atoms with Crippen LogP contribution in [0.25, 0.3) is 0 Å². The molecule has 180 valence electrons. The molecular weight excluding hydrogens is 368 g/mol. The summed E-state index contributed by atoms with van der Waals surface area (Å²) >= 11 is 0. The van der Waals surface area contributed by atoms with Gasteiger partial charge in [0.05, 0.1) is 0 Å². The van der Waals surface area contributed by atoms with Crippen LogP contribution in [-0.4, -0.2) is 11.1 Å². The number of carboxylic acid groups (broad SMARTS) is 1. The van der Waals surface area contributed by atoms with Crippen LogP contribution < -0.4 is 0 Å². The van der Waals surface area contributed by atoms with Crippen LogP contribution in [0.15, 0.2) is 0 Å². The molecule has 0 aromatic rings. The predicted molar refractivity (Wildman–Crippen MR) is 133 cm³/mol. The van der Waals surface area contributed by atoms with Gasteiger partial charge in [0.2, 0.25) is 0 Å². The molecule has 0 unspecified atom stereocenters. The van der Waals surface area contributed by atoms with Crippen molar-refractivity contribution in [1.82, 2.24) is 0 Å². The van der Waals surface area contributed by atoms with Gasteiger partial charge in [0.1, 0.15) is 0 Å². The Morgan fingerprint density at radius 3 is 1.07 bits per heavy atom. The van der Waals surface area contributed by atoms with Crippen LogP contribution in [0.3, 0.4) is 0 Å². The van der Waals surface area contributed by atoms with Crippen molar-refractivity contribution in [2.24, 2.45) is 5.92 Å². The Balaban J connectivity index is 3.03. The van der Waals surface area contributed by atoms with Gasteiger partial charge in [-0.2, -0.15) is 0 Å². The van der Waals surface area contributed by atoms with E-state index in [0.717, 1.165) is 18.8 Å². The molecule has 0 fully saturated rings. The number of carbonyl (C=O) groups is 1. The largest absolute Gasteiger partial charge is 0.481 e. The summed E-state index contributed by atoms with van der Waals surface area (Å²) in [6, 6.07) is 0. The summed E-state index contributed by atoms with van der Waals surface area (Å²) < 4.78 is 0. The van der Waals surface area contributed by atoms with Gasteiger partial charge < -0.3 is 5.11 Å². The van der Waals surface area contributed by atoms with Crippen molar-refractivity contribution >= 4 is 5.97 Å². The molecule has 1 atom stereocenters.